The number of aromatic nitrogens is 1. The van der Waals surface area contributed by atoms with Gasteiger partial charge < -0.3 is 0 Å². The highest BCUT2D eigenvalue weighted by Gasteiger charge is 2.09. The molecular formula is C8H11N5. The third-order valence-electron chi connectivity index (χ3n) is 1.62. The van der Waals surface area contributed by atoms with Crippen LogP contribution >= 0.6 is 0 Å². The molecule has 0 radical (unpaired) electrons. The number of pyridine rings is 1. The van der Waals surface area contributed by atoms with Crippen LogP contribution in [0.5, 0.6) is 0 Å². The Kier molecular flexibility index (Phi) is 2.69. The molecule has 2 N–H and O–H groups in total. The third-order valence-corrected chi connectivity index (χ3v) is 1.62. The number of aryl methyl sites for hydroxylation is 1. The SMILES string of the molecule is CC(=N)N(N=N)c1cccnc1C. The Balaban J connectivity index is 3.12. The zero-order valence-corrected chi connectivity index (χ0v) is 7.57. The van der Waals surface area contributed by atoms with Gasteiger partial charge in [-0.15, -0.1) is 0 Å². The fourth-order valence-electron chi connectivity index (χ4n) is 1.01. The predicted octanol–water partition coefficient (Wildman–Crippen LogP) is 2.14. The minimum absolute atomic E-state index is 0.200. The first-order chi connectivity index (χ1) is 6.16. The molecule has 68 valence electrons. The first kappa shape index (κ1) is 9.31. The summed E-state index contributed by atoms with van der Waals surface area (Å²) in [5.74, 6) is 0.200. The number of rotatable bonds is 2. The lowest BCUT2D eigenvalue weighted by molar-refractivity contribution is 0.923. The van der Waals surface area contributed by atoms with E-state index >= 15 is 0 Å². The topological polar surface area (TPSA) is 76.2 Å². The summed E-state index contributed by atoms with van der Waals surface area (Å²) in [6.45, 7) is 3.39. The van der Waals surface area contributed by atoms with Gasteiger partial charge in [-0.1, -0.05) is 5.22 Å². The summed E-state index contributed by atoms with van der Waals surface area (Å²) in [4.78, 5) is 4.05. The molecular weight excluding hydrogens is 166 g/mol. The number of anilines is 1. The van der Waals surface area contributed by atoms with E-state index in [-0.39, 0.29) is 5.84 Å². The van der Waals surface area contributed by atoms with Crippen LogP contribution in [0.3, 0.4) is 0 Å². The van der Waals surface area contributed by atoms with Crippen molar-refractivity contribution >= 4 is 11.5 Å². The van der Waals surface area contributed by atoms with Crippen molar-refractivity contribution in [3.63, 3.8) is 0 Å². The molecule has 5 heteroatoms. The van der Waals surface area contributed by atoms with E-state index in [9.17, 15) is 0 Å². The fraction of sp³-hybridized carbons (Fsp3) is 0.250. The second-order valence-corrected chi connectivity index (χ2v) is 2.61. The Morgan fingerprint density at radius 2 is 2.31 bits per heavy atom. The first-order valence-electron chi connectivity index (χ1n) is 3.81. The summed E-state index contributed by atoms with van der Waals surface area (Å²) in [7, 11) is 0. The molecule has 0 saturated heterocycles. The van der Waals surface area contributed by atoms with Gasteiger partial charge in [-0.2, -0.15) is 5.53 Å². The van der Waals surface area contributed by atoms with Crippen LogP contribution in [0.15, 0.2) is 23.6 Å². The van der Waals surface area contributed by atoms with Crippen LogP contribution in [0.25, 0.3) is 0 Å². The molecule has 0 aliphatic carbocycles. The maximum Gasteiger partial charge on any atom is 0.121 e. The van der Waals surface area contributed by atoms with Crippen molar-refractivity contribution in [1.82, 2.24) is 4.98 Å². The highest BCUT2D eigenvalue weighted by atomic mass is 15.5. The number of nitrogens with zero attached hydrogens (tertiary/aromatic N) is 3. The Hall–Kier alpha value is -1.78. The second kappa shape index (κ2) is 3.75. The Bertz CT molecular complexity index is 333. The van der Waals surface area contributed by atoms with Crippen molar-refractivity contribution in [3.8, 4) is 0 Å². The molecule has 0 aliphatic heterocycles. The standard InChI is InChI=1S/C8H11N5/c1-6-8(4-3-5-11-6)13(12-10)7(2)9/h3-5,9-10H,1-2H3. The molecule has 0 aromatic carbocycles. The number of nitrogens with one attached hydrogen (secondary N) is 2. The average Bonchev–Trinajstić information content (AvgIpc) is 2.09. The van der Waals surface area contributed by atoms with Crippen LogP contribution in [0, 0.1) is 17.9 Å². The molecule has 1 aromatic rings. The zero-order chi connectivity index (χ0) is 9.84. The van der Waals surface area contributed by atoms with Gasteiger partial charge >= 0.3 is 0 Å². The maximum atomic E-state index is 7.37. The van der Waals surface area contributed by atoms with Crippen molar-refractivity contribution in [2.75, 3.05) is 5.01 Å². The van der Waals surface area contributed by atoms with Gasteiger partial charge in [-0.05, 0) is 26.0 Å². The van der Waals surface area contributed by atoms with Gasteiger partial charge in [0, 0.05) is 6.20 Å². The van der Waals surface area contributed by atoms with Gasteiger partial charge in [0.25, 0.3) is 0 Å². The number of amidine groups is 1. The molecule has 0 amide bonds. The molecule has 1 heterocycles. The van der Waals surface area contributed by atoms with Gasteiger partial charge in [0.15, 0.2) is 0 Å². The van der Waals surface area contributed by atoms with Gasteiger partial charge in [0.05, 0.1) is 11.4 Å². The van der Waals surface area contributed by atoms with Crippen LogP contribution < -0.4 is 5.01 Å². The molecule has 0 atom stereocenters. The molecule has 0 fully saturated rings. The Morgan fingerprint density at radius 3 is 2.77 bits per heavy atom. The molecule has 0 unspecified atom stereocenters. The molecule has 1 rings (SSSR count). The van der Waals surface area contributed by atoms with E-state index in [2.05, 4.69) is 10.2 Å². The summed E-state index contributed by atoms with van der Waals surface area (Å²) in [6.07, 6.45) is 1.67. The minimum Gasteiger partial charge on any atom is -0.287 e. The molecule has 0 saturated carbocycles. The normalized spacial score (nSPS) is 9.38. The molecule has 5 nitrogen and oxygen atoms in total. The van der Waals surface area contributed by atoms with Crippen LogP contribution in [-0.4, -0.2) is 10.8 Å². The van der Waals surface area contributed by atoms with Gasteiger partial charge in [-0.25, -0.2) is 5.01 Å². The summed E-state index contributed by atoms with van der Waals surface area (Å²) < 4.78 is 0. The van der Waals surface area contributed by atoms with Crippen molar-refractivity contribution in [3.05, 3.63) is 24.0 Å². The van der Waals surface area contributed by atoms with E-state index in [1.807, 2.05) is 6.92 Å². The summed E-state index contributed by atoms with van der Waals surface area (Å²) in [5.41, 5.74) is 8.33. The molecule has 0 spiro atoms. The smallest absolute Gasteiger partial charge is 0.121 e. The summed E-state index contributed by atoms with van der Waals surface area (Å²) in [5, 5.41) is 11.8. The highest BCUT2D eigenvalue weighted by Crippen LogP contribution is 2.17. The second-order valence-electron chi connectivity index (χ2n) is 2.61. The Morgan fingerprint density at radius 1 is 1.62 bits per heavy atom. The fourth-order valence-corrected chi connectivity index (χ4v) is 1.01. The summed E-state index contributed by atoms with van der Waals surface area (Å²) in [6, 6.07) is 3.53. The van der Waals surface area contributed by atoms with Crippen LogP contribution in [0.2, 0.25) is 0 Å². The lowest BCUT2D eigenvalue weighted by atomic mass is 10.3. The van der Waals surface area contributed by atoms with Crippen molar-refractivity contribution in [1.29, 1.82) is 10.9 Å². The predicted molar refractivity (Wildman–Crippen MR) is 50.0 cm³/mol. The molecule has 0 aliphatic rings. The van der Waals surface area contributed by atoms with Gasteiger partial charge in [0.1, 0.15) is 5.84 Å². The van der Waals surface area contributed by atoms with Crippen LogP contribution in [-0.2, 0) is 0 Å². The van der Waals surface area contributed by atoms with Gasteiger partial charge in [0.2, 0.25) is 0 Å². The van der Waals surface area contributed by atoms with E-state index in [1.54, 1.807) is 25.3 Å². The van der Waals surface area contributed by atoms with Crippen LogP contribution in [0.1, 0.15) is 12.6 Å². The molecule has 0 bridgehead atoms. The number of hydrogen-bond donors (Lipinski definition) is 2. The lowest BCUT2D eigenvalue weighted by Gasteiger charge is -2.15. The molecule has 13 heavy (non-hydrogen) atoms. The zero-order valence-electron chi connectivity index (χ0n) is 7.57. The van der Waals surface area contributed by atoms with E-state index in [0.717, 1.165) is 5.69 Å². The number of hydrogen-bond acceptors (Lipinski definition) is 4. The maximum absolute atomic E-state index is 7.37. The Labute approximate surface area is 76.4 Å². The largest absolute Gasteiger partial charge is 0.287 e. The summed E-state index contributed by atoms with van der Waals surface area (Å²) >= 11 is 0. The monoisotopic (exact) mass is 177 g/mol. The highest BCUT2D eigenvalue weighted by molar-refractivity contribution is 5.93. The minimum atomic E-state index is 0.200. The quantitative estimate of drug-likeness (QED) is 0.314. The van der Waals surface area contributed by atoms with E-state index < -0.39 is 0 Å². The van der Waals surface area contributed by atoms with E-state index in [0.29, 0.717) is 5.69 Å². The van der Waals surface area contributed by atoms with Gasteiger partial charge in [-0.3, -0.25) is 10.4 Å². The average molecular weight is 177 g/mol. The lowest BCUT2D eigenvalue weighted by Crippen LogP contribution is -2.21. The van der Waals surface area contributed by atoms with Crippen molar-refractivity contribution < 1.29 is 0 Å². The van der Waals surface area contributed by atoms with Crippen molar-refractivity contribution in [2.24, 2.45) is 5.22 Å². The van der Waals surface area contributed by atoms with Crippen molar-refractivity contribution in [2.45, 2.75) is 13.8 Å². The van der Waals surface area contributed by atoms with E-state index in [1.165, 1.54) is 5.01 Å². The van der Waals surface area contributed by atoms with Crippen LogP contribution in [0.4, 0.5) is 5.69 Å². The van der Waals surface area contributed by atoms with E-state index in [4.69, 9.17) is 10.9 Å². The first-order valence-corrected chi connectivity index (χ1v) is 3.81. The molecule has 1 aromatic heterocycles. The third kappa shape index (κ3) is 1.87.